The van der Waals surface area contributed by atoms with Crippen molar-refractivity contribution in [3.8, 4) is 0 Å². The van der Waals surface area contributed by atoms with Gasteiger partial charge in [-0.3, -0.25) is 4.72 Å². The molecule has 0 unspecified atom stereocenters. The summed E-state index contributed by atoms with van der Waals surface area (Å²) in [4.78, 5) is 11.6. The quantitative estimate of drug-likeness (QED) is 0.833. The molecule has 0 spiro atoms. The topological polar surface area (TPSA) is 72.5 Å². The third-order valence-corrected chi connectivity index (χ3v) is 5.24. The summed E-state index contributed by atoms with van der Waals surface area (Å²) in [5, 5.41) is 0.128. The third-order valence-electron chi connectivity index (χ3n) is 3.57. The highest BCUT2D eigenvalue weighted by Crippen LogP contribution is 2.27. The van der Waals surface area contributed by atoms with E-state index in [1.165, 1.54) is 25.3 Å². The number of hydrogen-bond donors (Lipinski definition) is 1. The van der Waals surface area contributed by atoms with Gasteiger partial charge in [-0.1, -0.05) is 29.3 Å². The Labute approximate surface area is 146 Å². The van der Waals surface area contributed by atoms with E-state index in [-0.39, 0.29) is 15.5 Å². The Morgan fingerprint density at radius 3 is 2.21 bits per heavy atom. The number of aryl methyl sites for hydroxylation is 3. The molecule has 0 heterocycles. The fourth-order valence-electron chi connectivity index (χ4n) is 2.47. The minimum Gasteiger partial charge on any atom is -0.465 e. The second-order valence-electron chi connectivity index (χ2n) is 5.51. The summed E-state index contributed by atoms with van der Waals surface area (Å²) in [5.74, 6) is -0.695. The van der Waals surface area contributed by atoms with Crippen molar-refractivity contribution in [1.82, 2.24) is 0 Å². The van der Waals surface area contributed by atoms with Crippen molar-refractivity contribution in [1.29, 1.82) is 0 Å². The Hall–Kier alpha value is -2.05. The number of halogens is 1. The van der Waals surface area contributed by atoms with Crippen LogP contribution < -0.4 is 4.72 Å². The summed E-state index contributed by atoms with van der Waals surface area (Å²) in [7, 11) is -2.66. The van der Waals surface area contributed by atoms with Gasteiger partial charge in [0.15, 0.2) is 0 Å². The largest absolute Gasteiger partial charge is 0.465 e. The molecule has 1 N–H and O–H groups in total. The number of anilines is 1. The van der Waals surface area contributed by atoms with E-state index in [1.807, 2.05) is 32.9 Å². The van der Waals surface area contributed by atoms with E-state index in [1.54, 1.807) is 0 Å². The van der Waals surface area contributed by atoms with Crippen LogP contribution in [0.1, 0.15) is 27.0 Å². The van der Waals surface area contributed by atoms with Crippen LogP contribution in [-0.2, 0) is 14.8 Å². The first-order valence-electron chi connectivity index (χ1n) is 7.14. The summed E-state index contributed by atoms with van der Waals surface area (Å²) in [5.41, 5.74) is 3.21. The van der Waals surface area contributed by atoms with Gasteiger partial charge in [0.25, 0.3) is 10.0 Å². The van der Waals surface area contributed by atoms with Crippen LogP contribution in [0.2, 0.25) is 5.02 Å². The summed E-state index contributed by atoms with van der Waals surface area (Å²) >= 11 is 5.93. The van der Waals surface area contributed by atoms with Crippen LogP contribution in [-0.4, -0.2) is 21.5 Å². The number of esters is 1. The molecule has 0 saturated carbocycles. The van der Waals surface area contributed by atoms with Crippen molar-refractivity contribution in [2.75, 3.05) is 11.8 Å². The molecule has 0 radical (unpaired) electrons. The Balaban J connectivity index is 2.47. The minimum atomic E-state index is -3.87. The summed E-state index contributed by atoms with van der Waals surface area (Å²) in [6, 6.07) is 7.70. The van der Waals surface area contributed by atoms with E-state index >= 15 is 0 Å². The molecule has 0 atom stereocenters. The first-order chi connectivity index (χ1) is 11.2. The molecule has 0 saturated heterocycles. The van der Waals surface area contributed by atoms with E-state index in [9.17, 15) is 13.2 Å². The average molecular weight is 368 g/mol. The first-order valence-corrected chi connectivity index (χ1v) is 9.00. The third kappa shape index (κ3) is 3.71. The molecule has 0 aliphatic carbocycles. The molecule has 0 amide bonds. The van der Waals surface area contributed by atoms with Gasteiger partial charge in [0.2, 0.25) is 0 Å². The smallest absolute Gasteiger partial charge is 0.339 e. The molecular formula is C17H18ClNO4S. The molecule has 24 heavy (non-hydrogen) atoms. The number of benzene rings is 2. The van der Waals surface area contributed by atoms with Crippen molar-refractivity contribution in [2.24, 2.45) is 0 Å². The summed E-state index contributed by atoms with van der Waals surface area (Å²) in [6.07, 6.45) is 0. The molecule has 2 aromatic carbocycles. The number of hydrogen-bond acceptors (Lipinski definition) is 4. The fourth-order valence-corrected chi connectivity index (χ4v) is 3.90. The Bertz CT molecular complexity index is 884. The standard InChI is InChI=1S/C17H18ClNO4S/c1-10-7-11(2)16(12(3)8-10)19-24(21,22)13-5-6-15(18)14(9-13)17(20)23-4/h5-9,19H,1-4H3. The molecule has 0 aliphatic rings. The second-order valence-corrected chi connectivity index (χ2v) is 7.60. The van der Waals surface area contributed by atoms with E-state index < -0.39 is 16.0 Å². The normalized spacial score (nSPS) is 11.2. The van der Waals surface area contributed by atoms with Crippen LogP contribution in [0.4, 0.5) is 5.69 Å². The van der Waals surface area contributed by atoms with E-state index in [2.05, 4.69) is 9.46 Å². The molecule has 2 rings (SSSR count). The minimum absolute atomic E-state index is 0.000563. The maximum Gasteiger partial charge on any atom is 0.339 e. The molecule has 0 aromatic heterocycles. The van der Waals surface area contributed by atoms with Gasteiger partial charge < -0.3 is 4.74 Å². The highest BCUT2D eigenvalue weighted by atomic mass is 35.5. The highest BCUT2D eigenvalue weighted by molar-refractivity contribution is 7.92. The second kappa shape index (κ2) is 6.83. The van der Waals surface area contributed by atoms with Crippen molar-refractivity contribution in [3.63, 3.8) is 0 Å². The van der Waals surface area contributed by atoms with E-state index in [4.69, 9.17) is 11.6 Å². The van der Waals surface area contributed by atoms with Gasteiger partial charge in [0, 0.05) is 0 Å². The maximum absolute atomic E-state index is 12.7. The zero-order valence-electron chi connectivity index (χ0n) is 13.8. The van der Waals surface area contributed by atoms with Gasteiger partial charge in [0.05, 0.1) is 28.3 Å². The van der Waals surface area contributed by atoms with Crippen molar-refractivity contribution >= 4 is 33.3 Å². The van der Waals surface area contributed by atoms with Crippen molar-refractivity contribution < 1.29 is 17.9 Å². The molecule has 5 nitrogen and oxygen atoms in total. The van der Waals surface area contributed by atoms with Crippen LogP contribution in [0.3, 0.4) is 0 Å². The number of carbonyl (C=O) groups is 1. The zero-order valence-corrected chi connectivity index (χ0v) is 15.4. The number of rotatable bonds is 4. The SMILES string of the molecule is COC(=O)c1cc(S(=O)(=O)Nc2c(C)cc(C)cc2C)ccc1Cl. The zero-order chi connectivity index (χ0) is 18.1. The van der Waals surface area contributed by atoms with E-state index in [0.717, 1.165) is 16.7 Å². The molecule has 0 fully saturated rings. The van der Waals surface area contributed by atoms with Crippen molar-refractivity contribution in [3.05, 3.63) is 57.6 Å². The Morgan fingerprint density at radius 2 is 1.67 bits per heavy atom. The lowest BCUT2D eigenvalue weighted by Crippen LogP contribution is -2.16. The van der Waals surface area contributed by atoms with Gasteiger partial charge in [-0.2, -0.15) is 0 Å². The van der Waals surface area contributed by atoms with Crippen LogP contribution in [0, 0.1) is 20.8 Å². The molecule has 0 aliphatic heterocycles. The molecule has 128 valence electrons. The van der Waals surface area contributed by atoms with Gasteiger partial charge in [0.1, 0.15) is 0 Å². The maximum atomic E-state index is 12.7. The van der Waals surface area contributed by atoms with E-state index in [0.29, 0.717) is 5.69 Å². The van der Waals surface area contributed by atoms with Gasteiger partial charge in [-0.15, -0.1) is 0 Å². The number of ether oxygens (including phenoxy) is 1. The number of sulfonamides is 1. The predicted molar refractivity (Wildman–Crippen MR) is 94.3 cm³/mol. The fraction of sp³-hybridized carbons (Fsp3) is 0.235. The Morgan fingerprint density at radius 1 is 1.08 bits per heavy atom. The number of carbonyl (C=O) groups excluding carboxylic acids is 1. The Kier molecular flexibility index (Phi) is 5.20. The lowest BCUT2D eigenvalue weighted by Gasteiger charge is -2.15. The predicted octanol–water partition coefficient (Wildman–Crippen LogP) is 3.85. The monoisotopic (exact) mass is 367 g/mol. The van der Waals surface area contributed by atoms with Gasteiger partial charge >= 0.3 is 5.97 Å². The first kappa shape index (κ1) is 18.3. The van der Waals surface area contributed by atoms with Crippen LogP contribution >= 0.6 is 11.6 Å². The average Bonchev–Trinajstić information content (AvgIpc) is 2.50. The lowest BCUT2D eigenvalue weighted by molar-refractivity contribution is 0.0600. The van der Waals surface area contributed by atoms with Crippen molar-refractivity contribution in [2.45, 2.75) is 25.7 Å². The molecule has 0 bridgehead atoms. The molecule has 7 heteroatoms. The van der Waals surface area contributed by atoms with Crippen LogP contribution in [0.25, 0.3) is 0 Å². The lowest BCUT2D eigenvalue weighted by atomic mass is 10.1. The van der Waals surface area contributed by atoms with Gasteiger partial charge in [-0.25, -0.2) is 13.2 Å². The molecular weight excluding hydrogens is 350 g/mol. The number of nitrogens with one attached hydrogen (secondary N) is 1. The highest BCUT2D eigenvalue weighted by Gasteiger charge is 2.20. The van der Waals surface area contributed by atoms with Gasteiger partial charge in [-0.05, 0) is 50.1 Å². The van der Waals surface area contributed by atoms with Crippen LogP contribution in [0.15, 0.2) is 35.2 Å². The summed E-state index contributed by atoms with van der Waals surface area (Å²) < 4.78 is 32.5. The van der Waals surface area contributed by atoms with Crippen LogP contribution in [0.5, 0.6) is 0 Å². The number of methoxy groups -OCH3 is 1. The molecule has 2 aromatic rings. The summed E-state index contributed by atoms with van der Waals surface area (Å²) in [6.45, 7) is 5.61.